The highest BCUT2D eigenvalue weighted by atomic mass is 19.1. The van der Waals surface area contributed by atoms with Crippen LogP contribution in [0.1, 0.15) is 45.4 Å². The summed E-state index contributed by atoms with van der Waals surface area (Å²) in [6.45, 7) is 11.6. The largest absolute Gasteiger partial charge is 0.488 e. The smallest absolute Gasteiger partial charge is 0.129 e. The van der Waals surface area contributed by atoms with Crippen LogP contribution in [0, 0.1) is 5.92 Å². The van der Waals surface area contributed by atoms with Gasteiger partial charge in [0.25, 0.3) is 0 Å². The molecular formula is C32H44FN7O. The van der Waals surface area contributed by atoms with Crippen molar-refractivity contribution < 1.29 is 9.13 Å². The number of likely N-dealkylation sites (tertiary alicyclic amines) is 1. The first-order valence-corrected chi connectivity index (χ1v) is 15.7. The molecule has 0 spiro atoms. The van der Waals surface area contributed by atoms with Crippen LogP contribution in [-0.2, 0) is 0 Å². The minimum Gasteiger partial charge on any atom is -0.488 e. The lowest BCUT2D eigenvalue weighted by Crippen LogP contribution is -2.53. The van der Waals surface area contributed by atoms with Crippen LogP contribution < -0.4 is 15.0 Å². The van der Waals surface area contributed by atoms with E-state index >= 15 is 4.39 Å². The Labute approximate surface area is 242 Å². The minimum atomic E-state index is -1.02. The number of aromatic nitrogens is 3. The third kappa shape index (κ3) is 6.22. The van der Waals surface area contributed by atoms with Gasteiger partial charge in [0.15, 0.2) is 0 Å². The van der Waals surface area contributed by atoms with Gasteiger partial charge >= 0.3 is 0 Å². The molecule has 41 heavy (non-hydrogen) atoms. The second-order valence-corrected chi connectivity index (χ2v) is 13.1. The summed E-state index contributed by atoms with van der Waals surface area (Å²) in [5, 5.41) is 12.3. The number of alkyl halides is 1. The molecule has 0 unspecified atom stereocenters. The van der Waals surface area contributed by atoms with Gasteiger partial charge < -0.3 is 19.9 Å². The van der Waals surface area contributed by atoms with Crippen LogP contribution in [0.25, 0.3) is 22.2 Å². The number of halogens is 1. The van der Waals surface area contributed by atoms with Crippen LogP contribution in [0.3, 0.4) is 0 Å². The van der Waals surface area contributed by atoms with Crippen LogP contribution in [-0.4, -0.2) is 102 Å². The quantitative estimate of drug-likeness (QED) is 0.420. The highest BCUT2D eigenvalue weighted by Crippen LogP contribution is 2.41. The number of nitrogens with one attached hydrogen (secondary N) is 2. The fourth-order valence-corrected chi connectivity index (χ4v) is 6.85. The number of nitrogens with zero attached hydrogens (tertiary/aromatic N) is 5. The first-order valence-electron chi connectivity index (χ1n) is 15.7. The Morgan fingerprint density at radius 1 is 0.951 bits per heavy atom. The average molecular weight is 562 g/mol. The first-order chi connectivity index (χ1) is 19.9. The number of anilines is 1. The van der Waals surface area contributed by atoms with E-state index in [1.807, 2.05) is 18.3 Å². The van der Waals surface area contributed by atoms with Crippen molar-refractivity contribution in [1.29, 1.82) is 0 Å². The van der Waals surface area contributed by atoms with Crippen molar-refractivity contribution in [3.63, 3.8) is 0 Å². The van der Waals surface area contributed by atoms with E-state index < -0.39 is 5.67 Å². The number of rotatable bonds is 8. The van der Waals surface area contributed by atoms with Crippen LogP contribution >= 0.6 is 0 Å². The van der Waals surface area contributed by atoms with E-state index in [1.165, 1.54) is 0 Å². The lowest BCUT2D eigenvalue weighted by molar-refractivity contribution is 0.0162. The SMILES string of the molecule is CC1(Oc2ccc3[nH]nc(-c4ccnc(N5CCC(CN6CCC(F)(CN7CCNCC7)CC6)CC5)c4)c3c2)CC1. The molecule has 3 aromatic rings. The first kappa shape index (κ1) is 27.1. The van der Waals surface area contributed by atoms with E-state index in [4.69, 9.17) is 9.72 Å². The topological polar surface area (TPSA) is 72.5 Å². The molecule has 5 heterocycles. The van der Waals surface area contributed by atoms with Gasteiger partial charge in [-0.25, -0.2) is 9.37 Å². The van der Waals surface area contributed by atoms with Crippen molar-refractivity contribution in [2.45, 2.75) is 56.7 Å². The number of piperazine rings is 1. The molecule has 1 saturated carbocycles. The number of hydrogen-bond acceptors (Lipinski definition) is 7. The van der Waals surface area contributed by atoms with Crippen molar-refractivity contribution in [3.05, 3.63) is 36.5 Å². The number of piperidine rings is 2. The fraction of sp³-hybridized carbons (Fsp3) is 0.625. The Balaban J connectivity index is 0.935. The summed E-state index contributed by atoms with van der Waals surface area (Å²) in [5.41, 5.74) is 2.00. The maximum absolute atomic E-state index is 15.5. The molecule has 1 aliphatic carbocycles. The summed E-state index contributed by atoms with van der Waals surface area (Å²) < 4.78 is 21.8. The number of ether oxygens (including phenoxy) is 1. The molecule has 4 fully saturated rings. The van der Waals surface area contributed by atoms with Gasteiger partial charge in [-0.1, -0.05) is 0 Å². The summed E-state index contributed by atoms with van der Waals surface area (Å²) >= 11 is 0. The lowest BCUT2D eigenvalue weighted by Gasteiger charge is -2.42. The van der Waals surface area contributed by atoms with Crippen LogP contribution in [0.5, 0.6) is 5.75 Å². The Bertz CT molecular complexity index is 1330. The summed E-state index contributed by atoms with van der Waals surface area (Å²) in [6.07, 6.45) is 7.76. The molecule has 0 amide bonds. The van der Waals surface area contributed by atoms with Crippen molar-refractivity contribution in [3.8, 4) is 17.0 Å². The van der Waals surface area contributed by atoms with Gasteiger partial charge in [0.2, 0.25) is 0 Å². The third-order valence-electron chi connectivity index (χ3n) is 9.80. The van der Waals surface area contributed by atoms with Crippen LogP contribution in [0.4, 0.5) is 10.2 Å². The lowest BCUT2D eigenvalue weighted by atomic mass is 9.90. The highest BCUT2D eigenvalue weighted by Gasteiger charge is 2.40. The Kier molecular flexibility index (Phi) is 7.37. The van der Waals surface area contributed by atoms with Crippen LogP contribution in [0.15, 0.2) is 36.5 Å². The number of benzene rings is 1. The zero-order chi connectivity index (χ0) is 27.9. The van der Waals surface area contributed by atoms with E-state index in [0.29, 0.717) is 25.3 Å². The zero-order valence-corrected chi connectivity index (χ0v) is 24.4. The number of pyridine rings is 1. The maximum atomic E-state index is 15.5. The molecular weight excluding hydrogens is 517 g/mol. The van der Waals surface area contributed by atoms with E-state index in [1.54, 1.807) is 0 Å². The molecule has 3 aliphatic heterocycles. The number of H-pyrrole nitrogens is 1. The Hall–Kier alpha value is -2.75. The second kappa shape index (κ2) is 11.2. The molecule has 1 aromatic carbocycles. The van der Waals surface area contributed by atoms with Crippen LogP contribution in [0.2, 0.25) is 0 Å². The molecule has 8 nitrogen and oxygen atoms in total. The summed E-state index contributed by atoms with van der Waals surface area (Å²) in [5.74, 6) is 2.59. The van der Waals surface area contributed by atoms with Crippen molar-refractivity contribution in [2.24, 2.45) is 5.92 Å². The fourth-order valence-electron chi connectivity index (χ4n) is 6.85. The van der Waals surface area contributed by atoms with Crippen molar-refractivity contribution >= 4 is 16.7 Å². The predicted molar refractivity (Wildman–Crippen MR) is 161 cm³/mol. The summed E-state index contributed by atoms with van der Waals surface area (Å²) in [7, 11) is 0. The van der Waals surface area contributed by atoms with Gasteiger partial charge in [-0.3, -0.25) is 10.00 Å². The minimum absolute atomic E-state index is 0.00961. The molecule has 4 aliphatic rings. The Morgan fingerprint density at radius 2 is 1.73 bits per heavy atom. The van der Waals surface area contributed by atoms with E-state index in [2.05, 4.69) is 55.3 Å². The second-order valence-electron chi connectivity index (χ2n) is 13.1. The van der Waals surface area contributed by atoms with E-state index in [9.17, 15) is 0 Å². The van der Waals surface area contributed by atoms with E-state index in [-0.39, 0.29) is 5.60 Å². The van der Waals surface area contributed by atoms with Gasteiger partial charge in [-0.2, -0.15) is 5.10 Å². The van der Waals surface area contributed by atoms with Gasteiger partial charge in [-0.15, -0.1) is 0 Å². The maximum Gasteiger partial charge on any atom is 0.129 e. The number of aromatic amines is 1. The van der Waals surface area contributed by atoms with Gasteiger partial charge in [0.05, 0.1) is 5.52 Å². The van der Waals surface area contributed by atoms with Crippen molar-refractivity contribution in [2.75, 3.05) is 70.3 Å². The molecule has 0 atom stereocenters. The average Bonchev–Trinajstić information content (AvgIpc) is 3.56. The Morgan fingerprint density at radius 3 is 2.49 bits per heavy atom. The summed E-state index contributed by atoms with van der Waals surface area (Å²) in [4.78, 5) is 12.0. The molecule has 7 rings (SSSR count). The monoisotopic (exact) mass is 561 g/mol. The van der Waals surface area contributed by atoms with Gasteiger partial charge in [-0.05, 0) is 81.7 Å². The molecule has 2 N–H and O–H groups in total. The number of hydrogen-bond donors (Lipinski definition) is 2. The third-order valence-corrected chi connectivity index (χ3v) is 9.80. The zero-order valence-electron chi connectivity index (χ0n) is 24.4. The van der Waals surface area contributed by atoms with Crippen molar-refractivity contribution in [1.82, 2.24) is 30.3 Å². The summed E-state index contributed by atoms with van der Waals surface area (Å²) in [6, 6.07) is 10.4. The standard InChI is InChI=1S/C32H44FN7O/c1-31(7-8-31)41-26-2-3-28-27(21-26)30(37-36-28)25-4-11-35-29(20-25)40-14-5-24(6-15-40)22-38-16-9-32(33,10-17-38)23-39-18-12-34-13-19-39/h2-4,11,20-21,24,34H,5-10,12-19,22-23H2,1H3,(H,36,37). The highest BCUT2D eigenvalue weighted by molar-refractivity contribution is 5.94. The molecule has 3 saturated heterocycles. The molecule has 0 bridgehead atoms. The van der Waals surface area contributed by atoms with Gasteiger partial charge in [0.1, 0.15) is 28.5 Å². The normalized spacial score (nSPS) is 23.6. The predicted octanol–water partition coefficient (Wildman–Crippen LogP) is 4.48. The number of fused-ring (bicyclic) bond motifs is 1. The molecule has 0 radical (unpaired) electrons. The van der Waals surface area contributed by atoms with E-state index in [0.717, 1.165) is 118 Å². The van der Waals surface area contributed by atoms with Gasteiger partial charge in [0, 0.05) is 82.6 Å². The molecule has 2 aromatic heterocycles. The molecule has 9 heteroatoms. The molecule has 220 valence electrons.